The maximum atomic E-state index is 13.2. The van der Waals surface area contributed by atoms with Gasteiger partial charge in [0.25, 0.3) is 5.91 Å². The number of fused-ring (bicyclic) bond motifs is 1. The van der Waals surface area contributed by atoms with Gasteiger partial charge in [0, 0.05) is 43.7 Å². The van der Waals surface area contributed by atoms with Gasteiger partial charge >= 0.3 is 0 Å². The molecular weight excluding hydrogens is 386 g/mol. The molecule has 6 nitrogen and oxygen atoms in total. The summed E-state index contributed by atoms with van der Waals surface area (Å²) < 4.78 is 1.80. The number of likely N-dealkylation sites (tertiary alicyclic amines) is 1. The average Bonchev–Trinajstić information content (AvgIpc) is 3.43. The van der Waals surface area contributed by atoms with Gasteiger partial charge in [0.2, 0.25) is 0 Å². The zero-order chi connectivity index (χ0) is 21.4. The third kappa shape index (κ3) is 3.89. The van der Waals surface area contributed by atoms with Crippen LogP contribution in [0.4, 0.5) is 5.82 Å². The highest BCUT2D eigenvalue weighted by molar-refractivity contribution is 6.02. The summed E-state index contributed by atoms with van der Waals surface area (Å²) in [4.78, 5) is 19.3. The number of hydrogen-bond acceptors (Lipinski definition) is 4. The van der Waals surface area contributed by atoms with Crippen LogP contribution in [-0.2, 0) is 13.5 Å². The molecule has 1 atom stereocenters. The molecule has 1 amide bonds. The molecule has 5 rings (SSSR count). The number of anilines is 1. The Bertz CT molecular complexity index is 1240. The molecule has 31 heavy (non-hydrogen) atoms. The molecule has 1 unspecified atom stereocenters. The maximum Gasteiger partial charge on any atom is 0.253 e. The summed E-state index contributed by atoms with van der Waals surface area (Å²) in [6.45, 7) is 1.57. The van der Waals surface area contributed by atoms with E-state index in [9.17, 15) is 4.79 Å². The maximum absolute atomic E-state index is 13.2. The molecule has 1 aliphatic heterocycles. The van der Waals surface area contributed by atoms with Crippen molar-refractivity contribution < 1.29 is 4.79 Å². The molecule has 4 aromatic rings. The number of amides is 1. The van der Waals surface area contributed by atoms with Crippen LogP contribution in [0.5, 0.6) is 0 Å². The summed E-state index contributed by atoms with van der Waals surface area (Å²) in [5.74, 6) is 1.09. The minimum Gasteiger partial charge on any atom is -0.384 e. The zero-order valence-electron chi connectivity index (χ0n) is 17.5. The number of benzene rings is 2. The van der Waals surface area contributed by atoms with Gasteiger partial charge in [-0.25, -0.2) is 4.98 Å². The van der Waals surface area contributed by atoms with E-state index in [0.29, 0.717) is 11.7 Å². The Labute approximate surface area is 181 Å². The Hall–Kier alpha value is -3.67. The molecule has 0 bridgehead atoms. The van der Waals surface area contributed by atoms with Gasteiger partial charge in [0.15, 0.2) is 0 Å². The molecular formula is C25H25N5O. The van der Waals surface area contributed by atoms with E-state index in [1.165, 1.54) is 5.56 Å². The summed E-state index contributed by atoms with van der Waals surface area (Å²) in [5.41, 5.74) is 9.79. The molecule has 156 valence electrons. The Morgan fingerprint density at radius 1 is 1.16 bits per heavy atom. The topological polar surface area (TPSA) is 77.0 Å². The van der Waals surface area contributed by atoms with Crippen molar-refractivity contribution in [3.8, 4) is 11.1 Å². The number of aromatic nitrogens is 3. The standard InChI is InChI=1S/C25H25N5O/c1-29-16-21(14-28-29)22-4-2-3-19-12-20(6-7-23(19)22)25(31)30-10-9-18(15-30)11-17-5-8-24(26)27-13-17/h2-8,12-14,16,18H,9-11,15H2,1H3,(H2,26,27). The first-order chi connectivity index (χ1) is 15.1. The van der Waals surface area contributed by atoms with E-state index in [2.05, 4.69) is 28.3 Å². The lowest BCUT2D eigenvalue weighted by atomic mass is 9.98. The van der Waals surface area contributed by atoms with Crippen molar-refractivity contribution >= 4 is 22.5 Å². The SMILES string of the molecule is Cn1cc(-c2cccc3cc(C(=O)N4CCC(Cc5ccc(N)nc5)C4)ccc23)cn1. The van der Waals surface area contributed by atoms with E-state index in [0.717, 1.165) is 53.4 Å². The number of hydrogen-bond donors (Lipinski definition) is 1. The Morgan fingerprint density at radius 3 is 2.84 bits per heavy atom. The second-order valence-electron chi connectivity index (χ2n) is 8.35. The average molecular weight is 412 g/mol. The summed E-state index contributed by atoms with van der Waals surface area (Å²) in [6.07, 6.45) is 7.64. The summed E-state index contributed by atoms with van der Waals surface area (Å²) >= 11 is 0. The number of carbonyl (C=O) groups is 1. The zero-order valence-corrected chi connectivity index (χ0v) is 17.5. The number of carbonyl (C=O) groups excluding carboxylic acids is 1. The largest absolute Gasteiger partial charge is 0.384 e. The monoisotopic (exact) mass is 411 g/mol. The van der Waals surface area contributed by atoms with Gasteiger partial charge in [0.05, 0.1) is 6.20 Å². The molecule has 1 fully saturated rings. The number of rotatable bonds is 4. The number of nitrogen functional groups attached to an aromatic ring is 1. The highest BCUT2D eigenvalue weighted by Crippen LogP contribution is 2.30. The minimum atomic E-state index is 0.103. The predicted octanol–water partition coefficient (Wildman–Crippen LogP) is 3.92. The van der Waals surface area contributed by atoms with Crippen molar-refractivity contribution in [1.29, 1.82) is 0 Å². The van der Waals surface area contributed by atoms with Crippen LogP contribution in [0.3, 0.4) is 0 Å². The van der Waals surface area contributed by atoms with Gasteiger partial charge < -0.3 is 10.6 Å². The van der Waals surface area contributed by atoms with Crippen molar-refractivity contribution in [2.24, 2.45) is 13.0 Å². The van der Waals surface area contributed by atoms with Crippen molar-refractivity contribution in [1.82, 2.24) is 19.7 Å². The van der Waals surface area contributed by atoms with E-state index >= 15 is 0 Å². The second-order valence-corrected chi connectivity index (χ2v) is 8.35. The first-order valence-electron chi connectivity index (χ1n) is 10.6. The molecule has 0 aliphatic carbocycles. The third-order valence-corrected chi connectivity index (χ3v) is 6.09. The fraction of sp³-hybridized carbons (Fsp3) is 0.240. The van der Waals surface area contributed by atoms with Crippen LogP contribution in [0.2, 0.25) is 0 Å². The van der Waals surface area contributed by atoms with Crippen molar-refractivity contribution in [3.05, 3.63) is 78.2 Å². The highest BCUT2D eigenvalue weighted by Gasteiger charge is 2.27. The Balaban J connectivity index is 1.33. The van der Waals surface area contributed by atoms with E-state index in [4.69, 9.17) is 5.73 Å². The van der Waals surface area contributed by atoms with Crippen molar-refractivity contribution in [3.63, 3.8) is 0 Å². The summed E-state index contributed by atoms with van der Waals surface area (Å²) in [6, 6.07) is 16.1. The smallest absolute Gasteiger partial charge is 0.253 e. The number of pyridine rings is 1. The van der Waals surface area contributed by atoms with Gasteiger partial charge in [-0.3, -0.25) is 9.48 Å². The summed E-state index contributed by atoms with van der Waals surface area (Å²) in [7, 11) is 1.92. The van der Waals surface area contributed by atoms with Crippen LogP contribution in [0.1, 0.15) is 22.3 Å². The van der Waals surface area contributed by atoms with Gasteiger partial charge in [-0.05, 0) is 58.9 Å². The number of aryl methyl sites for hydroxylation is 1. The van der Waals surface area contributed by atoms with E-state index < -0.39 is 0 Å². The molecule has 2 aromatic carbocycles. The van der Waals surface area contributed by atoms with Gasteiger partial charge in [0.1, 0.15) is 5.82 Å². The fourth-order valence-corrected chi connectivity index (χ4v) is 4.49. The first-order valence-corrected chi connectivity index (χ1v) is 10.6. The number of nitrogens with two attached hydrogens (primary N) is 1. The Kier molecular flexibility index (Phi) is 4.90. The number of nitrogens with zero attached hydrogens (tertiary/aromatic N) is 4. The molecule has 0 radical (unpaired) electrons. The molecule has 2 N–H and O–H groups in total. The highest BCUT2D eigenvalue weighted by atomic mass is 16.2. The molecule has 6 heteroatoms. The van der Waals surface area contributed by atoms with Crippen LogP contribution in [-0.4, -0.2) is 38.7 Å². The van der Waals surface area contributed by atoms with E-state index in [1.54, 1.807) is 4.68 Å². The molecule has 0 spiro atoms. The van der Waals surface area contributed by atoms with E-state index in [-0.39, 0.29) is 5.91 Å². The minimum absolute atomic E-state index is 0.103. The van der Waals surface area contributed by atoms with Crippen LogP contribution in [0.25, 0.3) is 21.9 Å². The molecule has 2 aromatic heterocycles. The quantitative estimate of drug-likeness (QED) is 0.552. The normalized spacial score (nSPS) is 16.2. The van der Waals surface area contributed by atoms with Crippen LogP contribution >= 0.6 is 0 Å². The van der Waals surface area contributed by atoms with Crippen LogP contribution in [0, 0.1) is 5.92 Å². The lowest BCUT2D eigenvalue weighted by Crippen LogP contribution is -2.28. The molecule has 1 aliphatic rings. The lowest BCUT2D eigenvalue weighted by molar-refractivity contribution is 0.0787. The summed E-state index contributed by atoms with van der Waals surface area (Å²) in [5, 5.41) is 6.48. The van der Waals surface area contributed by atoms with Crippen LogP contribution in [0.15, 0.2) is 67.1 Å². The van der Waals surface area contributed by atoms with Crippen LogP contribution < -0.4 is 5.73 Å². The first kappa shape index (κ1) is 19.3. The molecule has 3 heterocycles. The Morgan fingerprint density at radius 2 is 2.06 bits per heavy atom. The van der Waals surface area contributed by atoms with Gasteiger partial charge in [-0.1, -0.05) is 30.3 Å². The van der Waals surface area contributed by atoms with Gasteiger partial charge in [-0.15, -0.1) is 0 Å². The molecule has 1 saturated heterocycles. The van der Waals surface area contributed by atoms with Crippen molar-refractivity contribution in [2.75, 3.05) is 18.8 Å². The molecule has 0 saturated carbocycles. The van der Waals surface area contributed by atoms with Gasteiger partial charge in [-0.2, -0.15) is 5.10 Å². The fourth-order valence-electron chi connectivity index (χ4n) is 4.49. The lowest BCUT2D eigenvalue weighted by Gasteiger charge is -2.17. The van der Waals surface area contributed by atoms with Crippen molar-refractivity contribution in [2.45, 2.75) is 12.8 Å². The van der Waals surface area contributed by atoms with E-state index in [1.807, 2.05) is 60.9 Å². The predicted molar refractivity (Wildman–Crippen MR) is 123 cm³/mol. The second kappa shape index (κ2) is 7.87. The third-order valence-electron chi connectivity index (χ3n) is 6.09.